The molecular weight excluding hydrogens is 497 g/mol. The number of aromatic amines is 2. The van der Waals surface area contributed by atoms with E-state index in [9.17, 15) is 18.0 Å². The van der Waals surface area contributed by atoms with Gasteiger partial charge in [-0.1, -0.05) is 12.1 Å². The number of hydrogen-bond donors (Lipinski definition) is 4. The van der Waals surface area contributed by atoms with E-state index in [1.165, 1.54) is 18.2 Å². The van der Waals surface area contributed by atoms with E-state index in [0.29, 0.717) is 54.2 Å². The number of piperazine rings is 1. The number of carbonyl (C=O) groups excluding carboxylic acids is 1. The molecule has 38 heavy (non-hydrogen) atoms. The van der Waals surface area contributed by atoms with Gasteiger partial charge in [0.05, 0.1) is 45.2 Å². The van der Waals surface area contributed by atoms with Crippen LogP contribution in [0.3, 0.4) is 0 Å². The van der Waals surface area contributed by atoms with Crippen LogP contribution in [-0.4, -0.2) is 52.3 Å². The van der Waals surface area contributed by atoms with Gasteiger partial charge in [-0.05, 0) is 42.5 Å². The van der Waals surface area contributed by atoms with E-state index in [1.54, 1.807) is 24.4 Å². The van der Waals surface area contributed by atoms with E-state index in [1.807, 2.05) is 12.1 Å². The number of hydrogen-bond acceptors (Lipinski definition) is 5. The van der Waals surface area contributed by atoms with Gasteiger partial charge >= 0.3 is 6.18 Å². The van der Waals surface area contributed by atoms with E-state index < -0.39 is 11.7 Å². The number of halogens is 3. The maximum absolute atomic E-state index is 13.5. The van der Waals surface area contributed by atoms with Gasteiger partial charge < -0.3 is 20.5 Å². The first kappa shape index (κ1) is 23.8. The smallest absolute Gasteiger partial charge is 0.368 e. The van der Waals surface area contributed by atoms with Gasteiger partial charge in [0.15, 0.2) is 0 Å². The molecule has 1 fully saturated rings. The normalized spacial score (nSPS) is 14.2. The number of rotatable bonds is 5. The molecular formula is C26H22F3N8O. The molecule has 12 heteroatoms. The standard InChI is InChI=1S/C26H22F3N8O/c27-26(28,29)18-3-1-2-4-19(18)33-25-34-21-12-17(23(13-22(21)35-25)37-9-7-30-8-10-37)24(38)32-16-6-5-15-14-31-36-20(15)11-16/h1-6,11-14H,7-10H2,(H,31,36)(H,32,38)(H2,33,34,35). The molecule has 0 atom stereocenters. The van der Waals surface area contributed by atoms with Gasteiger partial charge in [0.25, 0.3) is 5.91 Å². The first-order chi connectivity index (χ1) is 18.3. The molecule has 0 unspecified atom stereocenters. The summed E-state index contributed by atoms with van der Waals surface area (Å²) in [5.74, 6) is -0.193. The minimum Gasteiger partial charge on any atom is -0.368 e. The number of amides is 1. The predicted octanol–water partition coefficient (Wildman–Crippen LogP) is 4.88. The monoisotopic (exact) mass is 519 g/mol. The molecule has 0 spiro atoms. The number of H-pyrrole nitrogens is 2. The van der Waals surface area contributed by atoms with E-state index in [2.05, 4.69) is 41.0 Å². The third-order valence-corrected chi connectivity index (χ3v) is 6.43. The molecule has 3 aromatic carbocycles. The molecule has 0 saturated carbocycles. The fraction of sp³-hybridized carbons (Fsp3) is 0.192. The van der Waals surface area contributed by atoms with Crippen molar-refractivity contribution in [1.29, 1.82) is 0 Å². The van der Waals surface area contributed by atoms with Crippen LogP contribution in [0.5, 0.6) is 0 Å². The van der Waals surface area contributed by atoms with E-state index in [0.717, 1.165) is 17.0 Å². The lowest BCUT2D eigenvalue weighted by atomic mass is 10.1. The van der Waals surface area contributed by atoms with Crippen molar-refractivity contribution in [3.8, 4) is 0 Å². The van der Waals surface area contributed by atoms with Crippen molar-refractivity contribution < 1.29 is 18.0 Å². The molecule has 1 aliphatic heterocycles. The molecule has 2 aromatic heterocycles. The number of anilines is 4. The highest BCUT2D eigenvalue weighted by Crippen LogP contribution is 2.36. The Labute approximate surface area is 214 Å². The van der Waals surface area contributed by atoms with Crippen molar-refractivity contribution in [2.24, 2.45) is 0 Å². The lowest BCUT2D eigenvalue weighted by molar-refractivity contribution is -0.136. The van der Waals surface area contributed by atoms with E-state index in [4.69, 9.17) is 0 Å². The highest BCUT2D eigenvalue weighted by Gasteiger charge is 2.33. The lowest BCUT2D eigenvalue weighted by Crippen LogP contribution is -2.41. The molecule has 4 N–H and O–H groups in total. The van der Waals surface area contributed by atoms with Gasteiger partial charge in [0.1, 0.15) is 0 Å². The molecule has 1 radical (unpaired) electrons. The highest BCUT2D eigenvalue weighted by atomic mass is 19.4. The first-order valence-electron chi connectivity index (χ1n) is 11.9. The molecule has 1 aliphatic rings. The number of fused-ring (bicyclic) bond motifs is 2. The summed E-state index contributed by atoms with van der Waals surface area (Å²) in [5, 5.41) is 17.9. The van der Waals surface area contributed by atoms with Crippen molar-refractivity contribution in [1.82, 2.24) is 25.5 Å². The first-order valence-corrected chi connectivity index (χ1v) is 11.9. The Morgan fingerprint density at radius 3 is 2.63 bits per heavy atom. The molecule has 0 aliphatic carbocycles. The molecule has 193 valence electrons. The number of para-hydroxylation sites is 1. The average Bonchev–Trinajstić information content (AvgIpc) is 3.53. The van der Waals surface area contributed by atoms with E-state index in [-0.39, 0.29) is 17.5 Å². The molecule has 0 bridgehead atoms. The number of nitrogens with one attached hydrogen (secondary N) is 4. The Balaban J connectivity index is 1.36. The predicted molar refractivity (Wildman–Crippen MR) is 139 cm³/mol. The largest absolute Gasteiger partial charge is 0.418 e. The summed E-state index contributed by atoms with van der Waals surface area (Å²) in [7, 11) is 0. The van der Waals surface area contributed by atoms with E-state index >= 15 is 0 Å². The zero-order valence-electron chi connectivity index (χ0n) is 19.9. The van der Waals surface area contributed by atoms with Crippen LogP contribution in [0.15, 0.2) is 60.8 Å². The van der Waals surface area contributed by atoms with Crippen LogP contribution in [0.2, 0.25) is 0 Å². The fourth-order valence-corrected chi connectivity index (χ4v) is 4.58. The molecule has 3 heterocycles. The number of nitrogens with zero attached hydrogens (tertiary/aromatic N) is 4. The Morgan fingerprint density at radius 2 is 1.82 bits per heavy atom. The van der Waals surface area contributed by atoms with Crippen molar-refractivity contribution in [2.75, 3.05) is 41.7 Å². The summed E-state index contributed by atoms with van der Waals surface area (Å²) in [6.07, 6.45) is -2.82. The van der Waals surface area contributed by atoms with Crippen LogP contribution >= 0.6 is 0 Å². The van der Waals surface area contributed by atoms with Gasteiger partial charge in [0, 0.05) is 37.3 Å². The number of benzene rings is 3. The Morgan fingerprint density at radius 1 is 1.00 bits per heavy atom. The summed E-state index contributed by atoms with van der Waals surface area (Å²) in [6, 6.07) is 14.1. The van der Waals surface area contributed by atoms with Gasteiger partial charge in [-0.2, -0.15) is 18.3 Å². The number of alkyl halides is 3. The highest BCUT2D eigenvalue weighted by molar-refractivity contribution is 6.11. The molecule has 1 saturated heterocycles. The summed E-state index contributed by atoms with van der Waals surface area (Å²) >= 11 is 0. The number of imidazole rings is 1. The Bertz CT molecular complexity index is 1630. The van der Waals surface area contributed by atoms with Crippen molar-refractivity contribution in [3.63, 3.8) is 0 Å². The maximum atomic E-state index is 13.5. The quantitative estimate of drug-likeness (QED) is 0.264. The zero-order chi connectivity index (χ0) is 26.3. The van der Waals surface area contributed by atoms with Crippen molar-refractivity contribution >= 4 is 50.9 Å². The maximum Gasteiger partial charge on any atom is 0.418 e. The van der Waals surface area contributed by atoms with Crippen LogP contribution < -0.4 is 20.9 Å². The minimum atomic E-state index is -4.52. The van der Waals surface area contributed by atoms with Crippen LogP contribution in [0.25, 0.3) is 21.9 Å². The third-order valence-electron chi connectivity index (χ3n) is 6.43. The Hall–Kier alpha value is -4.58. The minimum absolute atomic E-state index is 0.121. The van der Waals surface area contributed by atoms with Gasteiger partial charge in [-0.15, -0.1) is 0 Å². The lowest BCUT2D eigenvalue weighted by Gasteiger charge is -2.30. The van der Waals surface area contributed by atoms with Crippen molar-refractivity contribution in [3.05, 3.63) is 71.9 Å². The van der Waals surface area contributed by atoms with Crippen molar-refractivity contribution in [2.45, 2.75) is 6.18 Å². The molecule has 9 nitrogen and oxygen atoms in total. The van der Waals surface area contributed by atoms with Crippen LogP contribution in [0, 0.1) is 0 Å². The van der Waals surface area contributed by atoms with Gasteiger partial charge in [0.2, 0.25) is 5.95 Å². The zero-order valence-corrected chi connectivity index (χ0v) is 19.9. The van der Waals surface area contributed by atoms with Gasteiger partial charge in [-0.25, -0.2) is 10.3 Å². The van der Waals surface area contributed by atoms with Gasteiger partial charge in [-0.3, -0.25) is 9.89 Å². The molecule has 5 aromatic rings. The Kier molecular flexibility index (Phi) is 5.87. The SMILES string of the molecule is O=C(Nc1ccc2cn[nH]c2c1)c1cc2nc(Nc3ccccc3C(F)(F)F)[nH]c2cc1N1CC[N]CC1. The second-order valence-electron chi connectivity index (χ2n) is 8.92. The second kappa shape index (κ2) is 9.38. The second-order valence-corrected chi connectivity index (χ2v) is 8.92. The summed E-state index contributed by atoms with van der Waals surface area (Å²) in [4.78, 5) is 23.0. The number of aromatic nitrogens is 4. The molecule has 6 rings (SSSR count). The summed E-state index contributed by atoms with van der Waals surface area (Å²) in [5.41, 5.74) is 2.59. The van der Waals surface area contributed by atoms with Crippen LogP contribution in [0.1, 0.15) is 15.9 Å². The fourth-order valence-electron chi connectivity index (χ4n) is 4.58. The third kappa shape index (κ3) is 4.61. The number of carbonyl (C=O) groups is 1. The summed E-state index contributed by atoms with van der Waals surface area (Å²) < 4.78 is 40.4. The van der Waals surface area contributed by atoms with Crippen LogP contribution in [-0.2, 0) is 6.18 Å². The average molecular weight is 520 g/mol. The summed E-state index contributed by atoms with van der Waals surface area (Å²) in [6.45, 7) is 2.56. The molecule has 1 amide bonds. The topological polar surface area (TPSA) is 116 Å². The van der Waals surface area contributed by atoms with Crippen LogP contribution in [0.4, 0.5) is 36.2 Å².